The number of carbonyl (C=O) groups is 2. The molecule has 0 bridgehead atoms. The van der Waals surface area contributed by atoms with Crippen molar-refractivity contribution in [2.45, 2.75) is 111 Å². The van der Waals surface area contributed by atoms with E-state index < -0.39 is 73.8 Å². The Labute approximate surface area is 318 Å². The number of hydrogen-bond donors (Lipinski definition) is 2. The molecule has 2 aliphatic heterocycles. The predicted octanol–water partition coefficient (Wildman–Crippen LogP) is 4.87. The number of aryl methyl sites for hydroxylation is 1. The standard InChI is InChI=1S/C36H49ClN5O11P/c1-20(49-31(45)34(3,4)5)52-54(47,53-21(2)50-32(46)35(6,7)8)19-48-16-25-26(43)27(44)30(51-25)42-29-23(15-38-42)28(39-33(37)40-29)41-17-36(18-41)14-13-22-11-9-10-12-24(22)36/h9-12,15,20-21,25-27,30,43-44H,13-14,16-19H2,1-8H3/t20?,21?,25-,26-,27-,30-,54?/m1/s1. The number of fused-ring (bicyclic) bond motifs is 3. The van der Waals surface area contributed by atoms with E-state index in [-0.39, 0.29) is 17.3 Å². The van der Waals surface area contributed by atoms with Gasteiger partial charge in [0.2, 0.25) is 17.9 Å². The average molecular weight is 794 g/mol. The molecule has 2 N–H and O–H groups in total. The second-order valence-corrected chi connectivity index (χ2v) is 18.5. The third kappa shape index (κ3) is 8.31. The zero-order valence-corrected chi connectivity index (χ0v) is 33.4. The third-order valence-corrected chi connectivity index (χ3v) is 11.6. The van der Waals surface area contributed by atoms with Crippen molar-refractivity contribution in [2.24, 2.45) is 10.8 Å². The average Bonchev–Trinajstić information content (AvgIpc) is 3.73. The van der Waals surface area contributed by atoms with Crippen LogP contribution in [0.15, 0.2) is 30.5 Å². The van der Waals surface area contributed by atoms with Crippen molar-refractivity contribution >= 4 is 48.0 Å². The number of benzene rings is 1. The van der Waals surface area contributed by atoms with Crippen LogP contribution in [0.1, 0.15) is 79.2 Å². The summed E-state index contributed by atoms with van der Waals surface area (Å²) in [4.78, 5) is 36.0. The van der Waals surface area contributed by atoms with Gasteiger partial charge in [-0.15, -0.1) is 0 Å². The first-order chi connectivity index (χ1) is 25.2. The maximum atomic E-state index is 14.0. The lowest BCUT2D eigenvalue weighted by molar-refractivity contribution is -0.177. The molecule has 0 saturated carbocycles. The quantitative estimate of drug-likeness (QED) is 0.109. The monoisotopic (exact) mass is 793 g/mol. The molecule has 54 heavy (non-hydrogen) atoms. The van der Waals surface area contributed by atoms with Gasteiger partial charge in [-0.25, -0.2) is 4.68 Å². The molecule has 3 aliphatic rings. The minimum Gasteiger partial charge on any atom is -0.435 e. The molecular formula is C36H49ClN5O11P. The number of esters is 2. The molecule has 3 aromatic rings. The Balaban J connectivity index is 1.13. The molecule has 2 aromatic heterocycles. The fraction of sp³-hybridized carbons (Fsp3) is 0.639. The van der Waals surface area contributed by atoms with Crippen molar-refractivity contribution in [3.63, 3.8) is 0 Å². The lowest BCUT2D eigenvalue weighted by Crippen LogP contribution is -2.58. The lowest BCUT2D eigenvalue weighted by atomic mass is 9.75. The van der Waals surface area contributed by atoms with Gasteiger partial charge in [0.1, 0.15) is 30.5 Å². The lowest BCUT2D eigenvalue weighted by Gasteiger charge is -2.49. The Morgan fingerprint density at radius 3 is 2.22 bits per heavy atom. The first kappa shape index (κ1) is 40.5. The van der Waals surface area contributed by atoms with E-state index in [1.165, 1.54) is 29.7 Å². The molecule has 4 heterocycles. The number of aliphatic hydroxyl groups is 2. The topological polar surface area (TPSA) is 194 Å². The summed E-state index contributed by atoms with van der Waals surface area (Å²) in [5.41, 5.74) is 1.34. The molecule has 0 amide bonds. The van der Waals surface area contributed by atoms with Crippen LogP contribution in [0, 0.1) is 10.8 Å². The smallest absolute Gasteiger partial charge is 0.362 e. The highest BCUT2D eigenvalue weighted by molar-refractivity contribution is 7.53. The van der Waals surface area contributed by atoms with Crippen molar-refractivity contribution in [1.29, 1.82) is 0 Å². The van der Waals surface area contributed by atoms with Gasteiger partial charge in [0.05, 0.1) is 29.0 Å². The zero-order chi connectivity index (χ0) is 39.4. The summed E-state index contributed by atoms with van der Waals surface area (Å²) in [6, 6.07) is 8.51. The van der Waals surface area contributed by atoms with Crippen molar-refractivity contribution in [3.05, 3.63) is 46.9 Å². The molecule has 1 aromatic carbocycles. The van der Waals surface area contributed by atoms with Gasteiger partial charge >= 0.3 is 19.5 Å². The maximum Gasteiger partial charge on any atom is 0.362 e. The van der Waals surface area contributed by atoms with Crippen LogP contribution in [-0.2, 0) is 54.0 Å². The van der Waals surface area contributed by atoms with E-state index in [2.05, 4.69) is 44.2 Å². The van der Waals surface area contributed by atoms with E-state index >= 15 is 0 Å². The highest BCUT2D eigenvalue weighted by atomic mass is 35.5. The Morgan fingerprint density at radius 1 is 1.00 bits per heavy atom. The predicted molar refractivity (Wildman–Crippen MR) is 196 cm³/mol. The van der Waals surface area contributed by atoms with Gasteiger partial charge in [-0.1, -0.05) is 24.3 Å². The van der Waals surface area contributed by atoms with Gasteiger partial charge in [0.15, 0.2) is 11.9 Å². The minimum absolute atomic E-state index is 0.0134. The molecule has 1 aliphatic carbocycles. The molecule has 2 unspecified atom stereocenters. The second-order valence-electron chi connectivity index (χ2n) is 16.2. The molecule has 16 nitrogen and oxygen atoms in total. The number of halogens is 1. The van der Waals surface area contributed by atoms with Crippen LogP contribution in [-0.4, -0.2) is 98.8 Å². The first-order valence-electron chi connectivity index (χ1n) is 17.9. The molecule has 6 atom stereocenters. The van der Waals surface area contributed by atoms with E-state index in [9.17, 15) is 24.4 Å². The molecule has 18 heteroatoms. The summed E-state index contributed by atoms with van der Waals surface area (Å²) in [5.74, 6) is -0.620. The Bertz CT molecular complexity index is 1880. The Morgan fingerprint density at radius 2 is 1.61 bits per heavy atom. The summed E-state index contributed by atoms with van der Waals surface area (Å²) >= 11 is 6.43. The van der Waals surface area contributed by atoms with E-state index in [1.54, 1.807) is 47.7 Å². The van der Waals surface area contributed by atoms with Gasteiger partial charge < -0.3 is 34.1 Å². The van der Waals surface area contributed by atoms with Crippen LogP contribution in [0.25, 0.3) is 11.0 Å². The molecule has 1 spiro atoms. The summed E-state index contributed by atoms with van der Waals surface area (Å²) in [6.07, 6.45) is -4.96. The summed E-state index contributed by atoms with van der Waals surface area (Å²) in [5, 5.41) is 27.2. The van der Waals surface area contributed by atoms with E-state index in [0.717, 1.165) is 25.9 Å². The van der Waals surface area contributed by atoms with Crippen molar-refractivity contribution in [2.75, 3.05) is 30.9 Å². The summed E-state index contributed by atoms with van der Waals surface area (Å²) < 4.78 is 48.8. The van der Waals surface area contributed by atoms with Gasteiger partial charge in [-0.3, -0.25) is 23.2 Å². The van der Waals surface area contributed by atoms with Gasteiger partial charge in [-0.2, -0.15) is 15.1 Å². The van der Waals surface area contributed by atoms with Gasteiger partial charge in [0, 0.05) is 18.5 Å². The van der Waals surface area contributed by atoms with E-state index in [0.29, 0.717) is 16.9 Å². The summed E-state index contributed by atoms with van der Waals surface area (Å²) in [7, 11) is -4.31. The number of rotatable bonds is 12. The van der Waals surface area contributed by atoms with Crippen molar-refractivity contribution in [1.82, 2.24) is 19.7 Å². The SMILES string of the molecule is CC(OC(=O)C(C)(C)C)OP(=O)(COC[C@H]1O[C@@H](n2ncc3c(N4CC5(CCc6ccccc65)C4)nc(Cl)nc32)[C@H](O)[C@@H]1O)OC(C)OC(=O)C(C)(C)C. The number of aromatic nitrogens is 4. The molecule has 2 fully saturated rings. The highest BCUT2D eigenvalue weighted by Crippen LogP contribution is 2.51. The van der Waals surface area contributed by atoms with Crippen LogP contribution in [0.5, 0.6) is 0 Å². The molecular weight excluding hydrogens is 745 g/mol. The third-order valence-electron chi connectivity index (χ3n) is 9.65. The summed E-state index contributed by atoms with van der Waals surface area (Å²) in [6.45, 7) is 13.7. The normalized spacial score (nSPS) is 24.5. The molecule has 2 saturated heterocycles. The number of ether oxygens (including phenoxy) is 4. The maximum absolute atomic E-state index is 14.0. The van der Waals surface area contributed by atoms with E-state index in [4.69, 9.17) is 39.6 Å². The zero-order valence-electron chi connectivity index (χ0n) is 31.7. The van der Waals surface area contributed by atoms with Gasteiger partial charge in [0.25, 0.3) is 0 Å². The van der Waals surface area contributed by atoms with Gasteiger partial charge in [-0.05, 0) is 91.0 Å². The van der Waals surface area contributed by atoms with E-state index in [1.807, 2.05) is 0 Å². The van der Waals surface area contributed by atoms with Crippen molar-refractivity contribution < 1.29 is 52.4 Å². The Hall–Kier alpha value is -3.21. The molecule has 296 valence electrons. The van der Waals surface area contributed by atoms with Crippen LogP contribution in [0.2, 0.25) is 5.28 Å². The van der Waals surface area contributed by atoms with Crippen LogP contribution < -0.4 is 4.90 Å². The number of aliphatic hydroxyl groups excluding tert-OH is 2. The van der Waals surface area contributed by atoms with Crippen LogP contribution in [0.3, 0.4) is 0 Å². The van der Waals surface area contributed by atoms with Crippen molar-refractivity contribution in [3.8, 4) is 0 Å². The Kier molecular flexibility index (Phi) is 11.3. The number of carbonyl (C=O) groups excluding carboxylic acids is 2. The largest absolute Gasteiger partial charge is 0.435 e. The highest BCUT2D eigenvalue weighted by Gasteiger charge is 2.50. The van der Waals surface area contributed by atoms with Crippen LogP contribution in [0.4, 0.5) is 5.82 Å². The fourth-order valence-corrected chi connectivity index (χ4v) is 8.48. The molecule has 0 radical (unpaired) electrons. The molecule has 6 rings (SSSR count). The first-order valence-corrected chi connectivity index (χ1v) is 20.0. The number of hydrogen-bond acceptors (Lipinski definition) is 15. The minimum atomic E-state index is -4.31. The van der Waals surface area contributed by atoms with Crippen LogP contribution >= 0.6 is 19.2 Å². The number of anilines is 1. The fourth-order valence-electron chi connectivity index (χ4n) is 6.82. The number of nitrogens with zero attached hydrogens (tertiary/aromatic N) is 5. The second kappa shape index (κ2) is 15.0.